The van der Waals surface area contributed by atoms with E-state index in [4.69, 9.17) is 10.5 Å². The van der Waals surface area contributed by atoms with Crippen LogP contribution in [0.15, 0.2) is 0 Å². The maximum absolute atomic E-state index is 11.9. The van der Waals surface area contributed by atoms with Gasteiger partial charge in [-0.15, -0.1) is 0 Å². The molecule has 3 atom stereocenters. The Bertz CT molecular complexity index is 198. The first-order valence-electron chi connectivity index (χ1n) is 5.23. The second kappa shape index (κ2) is 4.75. The molecule has 82 valence electrons. The van der Waals surface area contributed by atoms with Gasteiger partial charge in [-0.1, -0.05) is 6.92 Å². The molecule has 4 heteroatoms. The molecule has 4 nitrogen and oxygen atoms in total. The molecule has 1 amide bonds. The molecule has 1 fully saturated rings. The lowest BCUT2D eigenvalue weighted by Crippen LogP contribution is -2.56. The number of amides is 1. The van der Waals surface area contributed by atoms with E-state index in [0.29, 0.717) is 19.6 Å². The Labute approximate surface area is 85.4 Å². The van der Waals surface area contributed by atoms with Gasteiger partial charge in [0.1, 0.15) is 0 Å². The van der Waals surface area contributed by atoms with Crippen molar-refractivity contribution < 1.29 is 9.53 Å². The van der Waals surface area contributed by atoms with Crippen LogP contribution in [0.2, 0.25) is 0 Å². The molecule has 1 heterocycles. The van der Waals surface area contributed by atoms with Crippen molar-refractivity contribution in [3.05, 3.63) is 0 Å². The molecule has 14 heavy (non-hydrogen) atoms. The van der Waals surface area contributed by atoms with E-state index in [1.165, 1.54) is 0 Å². The third kappa shape index (κ3) is 2.25. The smallest absolute Gasteiger partial charge is 0.240 e. The minimum absolute atomic E-state index is 0.0517. The van der Waals surface area contributed by atoms with E-state index >= 15 is 0 Å². The maximum Gasteiger partial charge on any atom is 0.240 e. The van der Waals surface area contributed by atoms with Crippen LogP contribution in [0.25, 0.3) is 0 Å². The lowest BCUT2D eigenvalue weighted by molar-refractivity contribution is -0.145. The lowest BCUT2D eigenvalue weighted by atomic mass is 10.1. The van der Waals surface area contributed by atoms with Crippen LogP contribution in [-0.4, -0.2) is 42.1 Å². The Balaban J connectivity index is 2.67. The van der Waals surface area contributed by atoms with Gasteiger partial charge in [-0.3, -0.25) is 4.79 Å². The number of morpholine rings is 1. The predicted molar refractivity (Wildman–Crippen MR) is 54.9 cm³/mol. The molecule has 1 saturated heterocycles. The minimum Gasteiger partial charge on any atom is -0.377 e. The van der Waals surface area contributed by atoms with Crippen molar-refractivity contribution in [2.75, 3.05) is 13.2 Å². The van der Waals surface area contributed by atoms with Gasteiger partial charge in [0.25, 0.3) is 0 Å². The van der Waals surface area contributed by atoms with Crippen LogP contribution >= 0.6 is 0 Å². The Hall–Kier alpha value is -0.610. The molecule has 2 N–H and O–H groups in total. The molecule has 1 aliphatic heterocycles. The van der Waals surface area contributed by atoms with Crippen LogP contribution in [0.1, 0.15) is 27.2 Å². The van der Waals surface area contributed by atoms with E-state index < -0.39 is 0 Å². The van der Waals surface area contributed by atoms with Crippen LogP contribution in [0.4, 0.5) is 0 Å². The van der Waals surface area contributed by atoms with Crippen LogP contribution in [-0.2, 0) is 9.53 Å². The zero-order valence-corrected chi connectivity index (χ0v) is 9.19. The Morgan fingerprint density at radius 2 is 2.00 bits per heavy atom. The number of ether oxygens (including phenoxy) is 1. The minimum atomic E-state index is -0.363. The predicted octanol–water partition coefficient (Wildman–Crippen LogP) is 0.359. The number of hydrogen-bond donors (Lipinski definition) is 1. The molecule has 1 aliphatic rings. The summed E-state index contributed by atoms with van der Waals surface area (Å²) in [4.78, 5) is 13.8. The Morgan fingerprint density at radius 3 is 2.43 bits per heavy atom. The van der Waals surface area contributed by atoms with E-state index in [2.05, 4.69) is 0 Å². The fraction of sp³-hybridized carbons (Fsp3) is 0.900. The lowest BCUT2D eigenvalue weighted by Gasteiger charge is -2.40. The standard InChI is InChI=1S/C10H20N2O2/c1-4-9(11)10(13)12-7(2)5-14-6-8(12)3/h7-9H,4-6,11H2,1-3H3/t7-,8+,9-/m0/s1. The van der Waals surface area contributed by atoms with Crippen molar-refractivity contribution in [3.63, 3.8) is 0 Å². The highest BCUT2D eigenvalue weighted by molar-refractivity contribution is 5.82. The molecule has 1 rings (SSSR count). The number of nitrogens with zero attached hydrogens (tertiary/aromatic N) is 1. The summed E-state index contributed by atoms with van der Waals surface area (Å²) in [5, 5.41) is 0. The van der Waals surface area contributed by atoms with E-state index in [0.717, 1.165) is 0 Å². The number of rotatable bonds is 2. The highest BCUT2D eigenvalue weighted by atomic mass is 16.5. The van der Waals surface area contributed by atoms with Crippen LogP contribution < -0.4 is 5.73 Å². The highest BCUT2D eigenvalue weighted by Crippen LogP contribution is 2.14. The normalized spacial score (nSPS) is 30.1. The van der Waals surface area contributed by atoms with Gasteiger partial charge in [0.05, 0.1) is 31.3 Å². The van der Waals surface area contributed by atoms with Gasteiger partial charge in [0.15, 0.2) is 0 Å². The summed E-state index contributed by atoms with van der Waals surface area (Å²) >= 11 is 0. The van der Waals surface area contributed by atoms with Gasteiger partial charge in [-0.2, -0.15) is 0 Å². The van der Waals surface area contributed by atoms with Crippen LogP contribution in [0, 0.1) is 0 Å². The largest absolute Gasteiger partial charge is 0.377 e. The molecule has 0 aromatic heterocycles. The van der Waals surface area contributed by atoms with Crippen LogP contribution in [0.3, 0.4) is 0 Å². The SMILES string of the molecule is CC[C@H](N)C(=O)N1[C@H](C)COC[C@@H]1C. The first-order chi connectivity index (χ1) is 6.57. The molecular formula is C10H20N2O2. The molecule has 0 aromatic carbocycles. The molecule has 0 unspecified atom stereocenters. The van der Waals surface area contributed by atoms with E-state index in [9.17, 15) is 4.79 Å². The zero-order chi connectivity index (χ0) is 10.7. The quantitative estimate of drug-likeness (QED) is 0.700. The van der Waals surface area contributed by atoms with E-state index in [1.807, 2.05) is 25.7 Å². The van der Waals surface area contributed by atoms with Gasteiger partial charge in [-0.05, 0) is 20.3 Å². The summed E-state index contributed by atoms with van der Waals surface area (Å²) in [6.07, 6.45) is 0.690. The number of carbonyl (C=O) groups excluding carboxylic acids is 1. The topological polar surface area (TPSA) is 55.6 Å². The summed E-state index contributed by atoms with van der Waals surface area (Å²) in [6, 6.07) is -0.0781. The fourth-order valence-corrected chi connectivity index (χ4v) is 1.80. The third-order valence-electron chi connectivity index (χ3n) is 2.68. The number of carbonyl (C=O) groups is 1. The second-order valence-corrected chi connectivity index (χ2v) is 4.00. The van der Waals surface area contributed by atoms with Crippen molar-refractivity contribution in [2.24, 2.45) is 5.73 Å². The average molecular weight is 200 g/mol. The van der Waals surface area contributed by atoms with Crippen molar-refractivity contribution >= 4 is 5.91 Å². The van der Waals surface area contributed by atoms with Gasteiger partial charge >= 0.3 is 0 Å². The zero-order valence-electron chi connectivity index (χ0n) is 9.19. The first-order valence-corrected chi connectivity index (χ1v) is 5.23. The van der Waals surface area contributed by atoms with Crippen LogP contribution in [0.5, 0.6) is 0 Å². The molecule has 0 bridgehead atoms. The fourth-order valence-electron chi connectivity index (χ4n) is 1.80. The summed E-state index contributed by atoms with van der Waals surface area (Å²) in [6.45, 7) is 7.16. The van der Waals surface area contributed by atoms with Crippen molar-refractivity contribution in [3.8, 4) is 0 Å². The van der Waals surface area contributed by atoms with E-state index in [-0.39, 0.29) is 24.0 Å². The van der Waals surface area contributed by atoms with Gasteiger partial charge in [0.2, 0.25) is 5.91 Å². The molecule has 0 saturated carbocycles. The molecule has 0 radical (unpaired) electrons. The molecule has 0 spiro atoms. The third-order valence-corrected chi connectivity index (χ3v) is 2.68. The van der Waals surface area contributed by atoms with Gasteiger partial charge < -0.3 is 15.4 Å². The molecule has 0 aromatic rings. The monoisotopic (exact) mass is 200 g/mol. The van der Waals surface area contributed by atoms with Gasteiger partial charge in [0, 0.05) is 0 Å². The van der Waals surface area contributed by atoms with Crippen molar-refractivity contribution in [1.82, 2.24) is 4.90 Å². The maximum atomic E-state index is 11.9. The second-order valence-electron chi connectivity index (χ2n) is 4.00. The Kier molecular flexibility index (Phi) is 3.89. The first kappa shape index (κ1) is 11.5. The average Bonchev–Trinajstić information content (AvgIpc) is 2.16. The molecular weight excluding hydrogens is 180 g/mol. The summed E-state index contributed by atoms with van der Waals surface area (Å²) in [5.74, 6) is 0.0517. The highest BCUT2D eigenvalue weighted by Gasteiger charge is 2.31. The van der Waals surface area contributed by atoms with Gasteiger partial charge in [-0.25, -0.2) is 0 Å². The number of hydrogen-bond acceptors (Lipinski definition) is 3. The van der Waals surface area contributed by atoms with E-state index in [1.54, 1.807) is 0 Å². The van der Waals surface area contributed by atoms with Crippen molar-refractivity contribution in [1.29, 1.82) is 0 Å². The van der Waals surface area contributed by atoms with Crippen molar-refractivity contribution in [2.45, 2.75) is 45.3 Å². The summed E-state index contributed by atoms with van der Waals surface area (Å²) in [5.41, 5.74) is 5.74. The number of nitrogens with two attached hydrogens (primary N) is 1. The molecule has 0 aliphatic carbocycles. The Morgan fingerprint density at radius 1 is 1.50 bits per heavy atom. The summed E-state index contributed by atoms with van der Waals surface area (Å²) < 4.78 is 5.35. The summed E-state index contributed by atoms with van der Waals surface area (Å²) in [7, 11) is 0.